The molecule has 1 aromatic heterocycles. The van der Waals surface area contributed by atoms with Gasteiger partial charge in [0.05, 0.1) is 12.0 Å². The van der Waals surface area contributed by atoms with Gasteiger partial charge in [-0.3, -0.25) is 4.79 Å². The molecule has 1 fully saturated rings. The summed E-state index contributed by atoms with van der Waals surface area (Å²) in [5.41, 5.74) is 2.46. The van der Waals surface area contributed by atoms with Crippen molar-refractivity contribution in [2.45, 2.75) is 52.1 Å². The monoisotopic (exact) mass is 385 g/mol. The minimum Gasteiger partial charge on any atom is -0.486 e. The van der Waals surface area contributed by atoms with Crippen LogP contribution in [-0.2, 0) is 6.42 Å². The second kappa shape index (κ2) is 6.79. The zero-order valence-corrected chi connectivity index (χ0v) is 16.8. The number of Topliss-reactive ketones (excluding diaryl/α,β-unsaturated/α-hetero) is 1. The number of benzene rings is 1. The third kappa shape index (κ3) is 3.41. The number of carbonyl (C=O) groups is 1. The fraction of sp³-hybridized carbons (Fsp3) is 0.476. The van der Waals surface area contributed by atoms with Crippen LogP contribution in [0.15, 0.2) is 18.2 Å². The molecule has 0 N–H and O–H groups in total. The molecule has 1 saturated heterocycles. The first kappa shape index (κ1) is 18.2. The SMILES string of the molecule is CCc1nc(Cl)cc(N2CCC3(CC2)CC(=O)c2cc(C)cc(C)c2O3)n1. The van der Waals surface area contributed by atoms with E-state index in [2.05, 4.69) is 20.9 Å². The second-order valence-corrected chi connectivity index (χ2v) is 8.04. The minimum absolute atomic E-state index is 0.190. The number of piperidine rings is 1. The molecule has 2 aliphatic rings. The van der Waals surface area contributed by atoms with Crippen LogP contribution in [0.1, 0.15) is 53.5 Å². The van der Waals surface area contributed by atoms with Gasteiger partial charge in [0.25, 0.3) is 0 Å². The summed E-state index contributed by atoms with van der Waals surface area (Å²) in [6.07, 6.45) is 2.77. The summed E-state index contributed by atoms with van der Waals surface area (Å²) in [4.78, 5) is 23.9. The number of fused-ring (bicyclic) bond motifs is 1. The Labute approximate surface area is 164 Å². The van der Waals surface area contributed by atoms with Crippen molar-refractivity contribution in [1.82, 2.24) is 9.97 Å². The Morgan fingerprint density at radius 3 is 2.63 bits per heavy atom. The minimum atomic E-state index is -0.412. The molecule has 6 heteroatoms. The van der Waals surface area contributed by atoms with Gasteiger partial charge in [0.1, 0.15) is 28.1 Å². The van der Waals surface area contributed by atoms with Gasteiger partial charge in [-0.15, -0.1) is 0 Å². The molecule has 3 heterocycles. The van der Waals surface area contributed by atoms with Crippen LogP contribution in [0.2, 0.25) is 5.15 Å². The highest BCUT2D eigenvalue weighted by Crippen LogP contribution is 2.42. The number of anilines is 1. The number of halogens is 1. The van der Waals surface area contributed by atoms with Crippen molar-refractivity contribution < 1.29 is 9.53 Å². The molecule has 0 atom stereocenters. The number of ether oxygens (including phenoxy) is 1. The van der Waals surface area contributed by atoms with E-state index in [4.69, 9.17) is 16.3 Å². The summed E-state index contributed by atoms with van der Waals surface area (Å²) in [7, 11) is 0. The van der Waals surface area contributed by atoms with E-state index in [1.54, 1.807) is 0 Å². The van der Waals surface area contributed by atoms with Crippen molar-refractivity contribution in [3.05, 3.63) is 45.9 Å². The molecular weight excluding hydrogens is 362 g/mol. The molecule has 0 unspecified atom stereocenters. The first-order valence-electron chi connectivity index (χ1n) is 9.51. The number of hydrogen-bond acceptors (Lipinski definition) is 5. The molecule has 5 nitrogen and oxygen atoms in total. The number of hydrogen-bond donors (Lipinski definition) is 0. The van der Waals surface area contributed by atoms with Gasteiger partial charge in [-0.05, 0) is 31.0 Å². The maximum Gasteiger partial charge on any atom is 0.170 e. The number of aromatic nitrogens is 2. The van der Waals surface area contributed by atoms with Crippen molar-refractivity contribution in [1.29, 1.82) is 0 Å². The summed E-state index contributed by atoms with van der Waals surface area (Å²) in [5, 5.41) is 0.473. The lowest BCUT2D eigenvalue weighted by Crippen LogP contribution is -2.51. The number of rotatable bonds is 2. The Morgan fingerprint density at radius 2 is 1.93 bits per heavy atom. The highest BCUT2D eigenvalue weighted by Gasteiger charge is 2.43. The third-order valence-corrected chi connectivity index (χ3v) is 5.76. The van der Waals surface area contributed by atoms with E-state index in [0.717, 1.165) is 66.4 Å². The molecule has 0 radical (unpaired) electrons. The van der Waals surface area contributed by atoms with Crippen LogP contribution < -0.4 is 9.64 Å². The van der Waals surface area contributed by atoms with Gasteiger partial charge in [-0.2, -0.15) is 0 Å². The third-order valence-electron chi connectivity index (χ3n) is 5.56. The normalized spacial score (nSPS) is 18.4. The molecule has 1 aromatic carbocycles. The molecule has 0 amide bonds. The van der Waals surface area contributed by atoms with Crippen LogP contribution >= 0.6 is 11.6 Å². The Kier molecular flexibility index (Phi) is 4.58. The molecule has 0 bridgehead atoms. The smallest absolute Gasteiger partial charge is 0.170 e. The number of aryl methyl sites for hydroxylation is 3. The standard InChI is InChI=1S/C21H24ClN3O2/c1-4-18-23-17(22)11-19(24-18)25-7-5-21(6-8-25)12-16(26)15-10-13(2)9-14(3)20(15)27-21/h9-11H,4-8,12H2,1-3H3. The van der Waals surface area contributed by atoms with Crippen molar-refractivity contribution in [3.8, 4) is 5.75 Å². The molecule has 27 heavy (non-hydrogen) atoms. The molecule has 2 aliphatic heterocycles. The summed E-state index contributed by atoms with van der Waals surface area (Å²) in [6.45, 7) is 7.61. The molecule has 0 aliphatic carbocycles. The highest BCUT2D eigenvalue weighted by atomic mass is 35.5. The first-order valence-corrected chi connectivity index (χ1v) is 9.89. The predicted molar refractivity (Wildman–Crippen MR) is 106 cm³/mol. The van der Waals surface area contributed by atoms with Gasteiger partial charge < -0.3 is 9.64 Å². The lowest BCUT2D eigenvalue weighted by Gasteiger charge is -2.44. The summed E-state index contributed by atoms with van der Waals surface area (Å²) in [6, 6.07) is 5.84. The second-order valence-electron chi connectivity index (χ2n) is 7.65. The van der Waals surface area contributed by atoms with Gasteiger partial charge in [-0.25, -0.2) is 9.97 Å². The Hall–Kier alpha value is -2.14. The Balaban J connectivity index is 1.55. The average molecular weight is 386 g/mol. The molecule has 142 valence electrons. The van der Waals surface area contributed by atoms with Crippen molar-refractivity contribution >= 4 is 23.2 Å². The lowest BCUT2D eigenvalue weighted by molar-refractivity contribution is 0.0225. The largest absolute Gasteiger partial charge is 0.486 e. The predicted octanol–water partition coefficient (Wildman–Crippen LogP) is 4.31. The molecular formula is C21H24ClN3O2. The van der Waals surface area contributed by atoms with E-state index in [1.807, 2.05) is 32.9 Å². The van der Waals surface area contributed by atoms with Crippen LogP contribution in [0.4, 0.5) is 5.82 Å². The maximum absolute atomic E-state index is 12.8. The lowest BCUT2D eigenvalue weighted by atomic mass is 9.81. The molecule has 4 rings (SSSR count). The topological polar surface area (TPSA) is 55.3 Å². The Morgan fingerprint density at radius 1 is 1.19 bits per heavy atom. The maximum atomic E-state index is 12.8. The fourth-order valence-corrected chi connectivity index (χ4v) is 4.33. The zero-order valence-electron chi connectivity index (χ0n) is 16.0. The van der Waals surface area contributed by atoms with Crippen LogP contribution in [0.5, 0.6) is 5.75 Å². The van der Waals surface area contributed by atoms with Crippen LogP contribution in [0.25, 0.3) is 0 Å². The van der Waals surface area contributed by atoms with Gasteiger partial charge >= 0.3 is 0 Å². The van der Waals surface area contributed by atoms with E-state index in [0.29, 0.717) is 11.6 Å². The first-order chi connectivity index (χ1) is 12.9. The molecule has 0 saturated carbocycles. The van der Waals surface area contributed by atoms with Gasteiger partial charge in [0.2, 0.25) is 0 Å². The van der Waals surface area contributed by atoms with E-state index in [-0.39, 0.29) is 5.78 Å². The van der Waals surface area contributed by atoms with Crippen LogP contribution in [0, 0.1) is 13.8 Å². The summed E-state index contributed by atoms with van der Waals surface area (Å²) >= 11 is 6.15. The van der Waals surface area contributed by atoms with E-state index in [9.17, 15) is 4.79 Å². The van der Waals surface area contributed by atoms with Crippen LogP contribution in [-0.4, -0.2) is 34.4 Å². The number of carbonyl (C=O) groups excluding carboxylic acids is 1. The Bertz CT molecular complexity index is 905. The summed E-state index contributed by atoms with van der Waals surface area (Å²) < 4.78 is 6.46. The average Bonchev–Trinajstić information content (AvgIpc) is 2.63. The zero-order chi connectivity index (χ0) is 19.2. The van der Waals surface area contributed by atoms with E-state index in [1.165, 1.54) is 0 Å². The van der Waals surface area contributed by atoms with E-state index >= 15 is 0 Å². The fourth-order valence-electron chi connectivity index (χ4n) is 4.13. The van der Waals surface area contributed by atoms with Crippen LogP contribution in [0.3, 0.4) is 0 Å². The van der Waals surface area contributed by atoms with Gasteiger partial charge in [0, 0.05) is 38.4 Å². The van der Waals surface area contributed by atoms with Crippen molar-refractivity contribution in [3.63, 3.8) is 0 Å². The summed E-state index contributed by atoms with van der Waals surface area (Å²) in [5.74, 6) is 2.57. The number of ketones is 1. The highest BCUT2D eigenvalue weighted by molar-refractivity contribution is 6.29. The quantitative estimate of drug-likeness (QED) is 0.721. The molecule has 2 aromatic rings. The van der Waals surface area contributed by atoms with Gasteiger partial charge in [-0.1, -0.05) is 24.6 Å². The van der Waals surface area contributed by atoms with Crippen molar-refractivity contribution in [2.75, 3.05) is 18.0 Å². The number of nitrogens with zero attached hydrogens (tertiary/aromatic N) is 3. The van der Waals surface area contributed by atoms with E-state index < -0.39 is 5.60 Å². The van der Waals surface area contributed by atoms with Crippen molar-refractivity contribution in [2.24, 2.45) is 0 Å². The molecule has 1 spiro atoms. The van der Waals surface area contributed by atoms with Gasteiger partial charge in [0.15, 0.2) is 5.78 Å².